The van der Waals surface area contributed by atoms with Crippen molar-refractivity contribution in [3.8, 4) is 5.75 Å². The molecule has 0 aliphatic carbocycles. The van der Waals surface area contributed by atoms with Crippen molar-refractivity contribution in [2.24, 2.45) is 5.11 Å². The van der Waals surface area contributed by atoms with E-state index in [1.165, 1.54) is 6.92 Å². The van der Waals surface area contributed by atoms with E-state index < -0.39 is 0 Å². The Hall–Kier alpha value is -2.77. The smallest absolute Gasteiger partial charge is 0.216 e. The Morgan fingerprint density at radius 1 is 1.62 bits per heavy atom. The largest absolute Gasteiger partial charge is 0.491 e. The van der Waals surface area contributed by atoms with Crippen LogP contribution in [0.25, 0.3) is 21.3 Å². The van der Waals surface area contributed by atoms with E-state index in [2.05, 4.69) is 20.4 Å². The summed E-state index contributed by atoms with van der Waals surface area (Å²) in [7, 11) is 0. The first-order chi connectivity index (χ1) is 12.6. The van der Waals surface area contributed by atoms with Gasteiger partial charge in [0.25, 0.3) is 0 Å². The van der Waals surface area contributed by atoms with Gasteiger partial charge in [-0.25, -0.2) is 0 Å². The molecule has 1 aliphatic heterocycles. The topological polar surface area (TPSA) is 114 Å². The first kappa shape index (κ1) is 18.0. The third-order valence-corrected chi connectivity index (χ3v) is 4.24. The standard InChI is InChI=1S/C17H22N6O3/c1-11(21-22-18)9-23-17-13(8-20-23)3-4-16-15(17)7-14(10-26-16)25-6-5-19-12(2)24/h3-4,8,11,14H,5-7,9-10H2,1-2H3,(H,19,24). The highest BCUT2D eigenvalue weighted by atomic mass is 16.5. The zero-order valence-electron chi connectivity index (χ0n) is 14.9. The fraction of sp³-hybridized carbons (Fsp3) is 0.529. The van der Waals surface area contributed by atoms with E-state index in [1.807, 2.05) is 23.7 Å². The minimum atomic E-state index is -0.201. The lowest BCUT2D eigenvalue weighted by atomic mass is 10.0. The average Bonchev–Trinajstić information content (AvgIpc) is 3.02. The highest BCUT2D eigenvalue weighted by Crippen LogP contribution is 2.33. The monoisotopic (exact) mass is 358 g/mol. The number of aromatic nitrogens is 2. The zero-order chi connectivity index (χ0) is 18.5. The SMILES string of the molecule is CC(=O)NCCOC1COc2ccc3cnn(CC(C)N=[N+]=[N-])c3c2C1. The van der Waals surface area contributed by atoms with Gasteiger partial charge in [-0.3, -0.25) is 9.48 Å². The van der Waals surface area contributed by atoms with Crippen molar-refractivity contribution < 1.29 is 14.3 Å². The maximum atomic E-state index is 10.9. The van der Waals surface area contributed by atoms with Crippen LogP contribution in [0.2, 0.25) is 0 Å². The van der Waals surface area contributed by atoms with Crippen LogP contribution in [0, 0.1) is 0 Å². The molecule has 1 N–H and O–H groups in total. The number of hydrogen-bond donors (Lipinski definition) is 1. The van der Waals surface area contributed by atoms with Crippen molar-refractivity contribution in [3.05, 3.63) is 34.3 Å². The number of carbonyl (C=O) groups is 1. The summed E-state index contributed by atoms with van der Waals surface area (Å²) in [4.78, 5) is 13.8. The molecule has 1 aliphatic rings. The second-order valence-corrected chi connectivity index (χ2v) is 6.35. The Kier molecular flexibility index (Phi) is 5.60. The summed E-state index contributed by atoms with van der Waals surface area (Å²) < 4.78 is 13.6. The summed E-state index contributed by atoms with van der Waals surface area (Å²) in [6.07, 6.45) is 2.42. The van der Waals surface area contributed by atoms with Crippen LogP contribution in [-0.4, -0.2) is 47.6 Å². The third-order valence-electron chi connectivity index (χ3n) is 4.24. The number of nitrogens with zero attached hydrogens (tertiary/aromatic N) is 5. The van der Waals surface area contributed by atoms with E-state index in [4.69, 9.17) is 15.0 Å². The molecule has 0 radical (unpaired) electrons. The minimum Gasteiger partial charge on any atom is -0.491 e. The Morgan fingerprint density at radius 2 is 2.46 bits per heavy atom. The van der Waals surface area contributed by atoms with Crippen molar-refractivity contribution in [2.75, 3.05) is 19.8 Å². The maximum absolute atomic E-state index is 10.9. The van der Waals surface area contributed by atoms with E-state index in [-0.39, 0.29) is 18.1 Å². The molecule has 0 saturated heterocycles. The number of carbonyl (C=O) groups excluding carboxylic acids is 1. The first-order valence-electron chi connectivity index (χ1n) is 8.59. The molecular weight excluding hydrogens is 336 g/mol. The van der Waals surface area contributed by atoms with Gasteiger partial charge in [-0.05, 0) is 17.7 Å². The second-order valence-electron chi connectivity index (χ2n) is 6.35. The van der Waals surface area contributed by atoms with Crippen molar-refractivity contribution in [3.63, 3.8) is 0 Å². The molecule has 0 bridgehead atoms. The van der Waals surface area contributed by atoms with Crippen LogP contribution in [0.3, 0.4) is 0 Å². The molecule has 9 heteroatoms. The van der Waals surface area contributed by atoms with E-state index in [1.54, 1.807) is 6.20 Å². The third kappa shape index (κ3) is 4.07. The minimum absolute atomic E-state index is 0.0707. The molecule has 2 unspecified atom stereocenters. The van der Waals surface area contributed by atoms with E-state index in [9.17, 15) is 4.79 Å². The van der Waals surface area contributed by atoms with Crippen LogP contribution in [0.1, 0.15) is 19.4 Å². The molecular formula is C17H22N6O3. The molecule has 3 rings (SSSR count). The fourth-order valence-electron chi connectivity index (χ4n) is 3.11. The average molecular weight is 358 g/mol. The molecule has 26 heavy (non-hydrogen) atoms. The summed E-state index contributed by atoms with van der Waals surface area (Å²) in [5, 5.41) is 11.9. The van der Waals surface area contributed by atoms with Crippen LogP contribution in [0.15, 0.2) is 23.4 Å². The summed E-state index contributed by atoms with van der Waals surface area (Å²) in [5.41, 5.74) is 10.6. The number of hydrogen-bond acceptors (Lipinski definition) is 5. The van der Waals surface area contributed by atoms with Gasteiger partial charge in [0.05, 0.1) is 30.5 Å². The summed E-state index contributed by atoms with van der Waals surface area (Å²) in [5.74, 6) is 0.760. The predicted octanol–water partition coefficient (Wildman–Crippen LogP) is 2.19. The number of ether oxygens (including phenoxy) is 2. The Balaban J connectivity index is 1.77. The van der Waals surface area contributed by atoms with Crippen molar-refractivity contribution in [1.82, 2.24) is 15.1 Å². The van der Waals surface area contributed by atoms with E-state index >= 15 is 0 Å². The van der Waals surface area contributed by atoms with Crippen LogP contribution < -0.4 is 10.1 Å². The molecule has 1 amide bonds. The van der Waals surface area contributed by atoms with Gasteiger partial charge >= 0.3 is 0 Å². The number of azide groups is 1. The van der Waals surface area contributed by atoms with Gasteiger partial charge in [0.15, 0.2) is 0 Å². The predicted molar refractivity (Wildman–Crippen MR) is 96.0 cm³/mol. The number of nitrogens with one attached hydrogen (secondary N) is 1. The molecule has 2 aromatic rings. The molecule has 2 atom stereocenters. The Bertz CT molecular complexity index is 842. The number of amides is 1. The van der Waals surface area contributed by atoms with E-state index in [0.29, 0.717) is 32.7 Å². The fourth-order valence-corrected chi connectivity index (χ4v) is 3.11. The molecule has 0 fully saturated rings. The van der Waals surface area contributed by atoms with Gasteiger partial charge in [0, 0.05) is 42.3 Å². The molecule has 9 nitrogen and oxygen atoms in total. The molecule has 1 aromatic carbocycles. The van der Waals surface area contributed by atoms with Crippen LogP contribution in [0.4, 0.5) is 0 Å². The van der Waals surface area contributed by atoms with Gasteiger partial charge in [-0.15, -0.1) is 0 Å². The number of fused-ring (bicyclic) bond motifs is 3. The molecule has 0 saturated carbocycles. The van der Waals surface area contributed by atoms with Gasteiger partial charge < -0.3 is 14.8 Å². The highest BCUT2D eigenvalue weighted by molar-refractivity contribution is 5.84. The molecule has 0 spiro atoms. The molecule has 1 aromatic heterocycles. The summed E-state index contributed by atoms with van der Waals surface area (Å²) in [6.45, 7) is 5.22. The highest BCUT2D eigenvalue weighted by Gasteiger charge is 2.24. The van der Waals surface area contributed by atoms with Crippen molar-refractivity contribution in [1.29, 1.82) is 0 Å². The van der Waals surface area contributed by atoms with Crippen molar-refractivity contribution >= 4 is 16.8 Å². The van der Waals surface area contributed by atoms with Crippen LogP contribution in [-0.2, 0) is 22.5 Å². The number of rotatable bonds is 7. The summed E-state index contributed by atoms with van der Waals surface area (Å²) >= 11 is 0. The van der Waals surface area contributed by atoms with Gasteiger partial charge in [-0.2, -0.15) is 5.10 Å². The lowest BCUT2D eigenvalue weighted by molar-refractivity contribution is -0.119. The maximum Gasteiger partial charge on any atom is 0.216 e. The van der Waals surface area contributed by atoms with Gasteiger partial charge in [-0.1, -0.05) is 12.0 Å². The summed E-state index contributed by atoms with van der Waals surface area (Å²) in [6, 6.07) is 3.73. The first-order valence-corrected chi connectivity index (χ1v) is 8.59. The molecule has 2 heterocycles. The number of benzene rings is 1. The zero-order valence-corrected chi connectivity index (χ0v) is 14.9. The van der Waals surface area contributed by atoms with Gasteiger partial charge in [0.1, 0.15) is 12.4 Å². The lowest BCUT2D eigenvalue weighted by Crippen LogP contribution is -2.32. The van der Waals surface area contributed by atoms with E-state index in [0.717, 1.165) is 22.2 Å². The van der Waals surface area contributed by atoms with Crippen molar-refractivity contribution in [2.45, 2.75) is 39.0 Å². The second kappa shape index (κ2) is 8.07. The van der Waals surface area contributed by atoms with Crippen LogP contribution in [0.5, 0.6) is 5.75 Å². The normalized spacial score (nSPS) is 17.1. The quantitative estimate of drug-likeness (QED) is 0.353. The Labute approximate surface area is 150 Å². The lowest BCUT2D eigenvalue weighted by Gasteiger charge is -2.26. The van der Waals surface area contributed by atoms with Gasteiger partial charge in [0.2, 0.25) is 5.91 Å². The Morgan fingerprint density at radius 3 is 3.23 bits per heavy atom. The van der Waals surface area contributed by atoms with Crippen LogP contribution >= 0.6 is 0 Å². The molecule has 138 valence electrons.